The van der Waals surface area contributed by atoms with Crippen LogP contribution in [0, 0.1) is 0 Å². The Labute approximate surface area is 243 Å². The van der Waals surface area contributed by atoms with Crippen molar-refractivity contribution in [1.29, 1.82) is 0 Å². The molecule has 0 aromatic rings. The van der Waals surface area contributed by atoms with Gasteiger partial charge in [-0.2, -0.15) is 0 Å². The van der Waals surface area contributed by atoms with E-state index >= 15 is 0 Å². The van der Waals surface area contributed by atoms with Crippen molar-refractivity contribution in [1.82, 2.24) is 0 Å². The zero-order chi connectivity index (χ0) is 29.2. The Morgan fingerprint density at radius 2 is 1.51 bits per heavy atom. The van der Waals surface area contributed by atoms with Crippen molar-refractivity contribution >= 4 is 15.9 Å². The number of aliphatic hydroxyl groups is 4. The minimum absolute atomic E-state index is 0.000822. The van der Waals surface area contributed by atoms with E-state index in [-0.39, 0.29) is 42.4 Å². The second kappa shape index (κ2) is 10.7. The maximum absolute atomic E-state index is 11.5. The van der Waals surface area contributed by atoms with Gasteiger partial charge in [-0.05, 0) is 107 Å². The molecule has 0 amide bonds. The van der Waals surface area contributed by atoms with Gasteiger partial charge in [-0.1, -0.05) is 15.9 Å². The van der Waals surface area contributed by atoms with E-state index in [1.165, 1.54) is 0 Å². The third-order valence-corrected chi connectivity index (χ3v) is 11.8. The number of hydrogen-bond donors (Lipinski definition) is 4. The second-order valence-corrected chi connectivity index (χ2v) is 16.0. The van der Waals surface area contributed by atoms with Gasteiger partial charge in [-0.25, -0.2) is 0 Å². The number of alkyl halides is 1. The molecule has 4 N–H and O–H groups in total. The highest BCUT2D eigenvalue weighted by Crippen LogP contribution is 2.49. The molecule has 4 saturated heterocycles. The number of halogens is 1. The van der Waals surface area contributed by atoms with Crippen LogP contribution in [0.1, 0.15) is 113 Å². The van der Waals surface area contributed by atoms with Gasteiger partial charge in [-0.3, -0.25) is 0 Å². The molecule has 0 bridgehead atoms. The molecule has 8 nitrogen and oxygen atoms in total. The molecule has 9 heteroatoms. The average molecular weight is 622 g/mol. The molecule has 0 aliphatic carbocycles. The van der Waals surface area contributed by atoms with Crippen LogP contribution in [0.2, 0.25) is 0 Å². The molecule has 0 aromatic carbocycles. The summed E-state index contributed by atoms with van der Waals surface area (Å²) in [5, 5.41) is 43.3. The molecule has 11 atom stereocenters. The highest BCUT2D eigenvalue weighted by molar-refractivity contribution is 9.09. The third-order valence-electron chi connectivity index (χ3n) is 10.2. The predicted octanol–water partition coefficient (Wildman–Crippen LogP) is 4.15. The molecule has 4 heterocycles. The first-order valence-corrected chi connectivity index (χ1v) is 15.8. The molecule has 4 aliphatic heterocycles. The normalized spacial score (nSPS) is 47.3. The molecule has 0 radical (unpaired) electrons. The summed E-state index contributed by atoms with van der Waals surface area (Å²) in [4.78, 5) is 0.322. The molecule has 39 heavy (non-hydrogen) atoms. The zero-order valence-corrected chi connectivity index (χ0v) is 26.8. The number of ether oxygens (including phenoxy) is 4. The van der Waals surface area contributed by atoms with Crippen molar-refractivity contribution in [2.75, 3.05) is 0 Å². The Bertz CT molecular complexity index is 876. The summed E-state index contributed by atoms with van der Waals surface area (Å²) in [6.45, 7) is 15.3. The summed E-state index contributed by atoms with van der Waals surface area (Å²) in [7, 11) is 0. The quantitative estimate of drug-likeness (QED) is 0.314. The minimum atomic E-state index is -1.22. The third kappa shape index (κ3) is 6.42. The summed E-state index contributed by atoms with van der Waals surface area (Å²) >= 11 is 3.78. The van der Waals surface area contributed by atoms with Crippen LogP contribution in [-0.2, 0) is 18.9 Å². The molecule has 0 aromatic heterocycles. The summed E-state index contributed by atoms with van der Waals surface area (Å²) in [6, 6.07) is 0. The van der Waals surface area contributed by atoms with Gasteiger partial charge >= 0.3 is 0 Å². The van der Waals surface area contributed by atoms with Gasteiger partial charge < -0.3 is 39.4 Å². The van der Waals surface area contributed by atoms with E-state index in [0.717, 1.165) is 32.1 Å². The van der Waals surface area contributed by atoms with Crippen LogP contribution < -0.4 is 0 Å². The van der Waals surface area contributed by atoms with Crippen LogP contribution in [0.4, 0.5) is 0 Å². The van der Waals surface area contributed by atoms with E-state index in [0.29, 0.717) is 17.7 Å². The van der Waals surface area contributed by atoms with E-state index in [1.54, 1.807) is 27.7 Å². The smallest absolute Gasteiger partial charge is 0.112 e. The van der Waals surface area contributed by atoms with Crippen LogP contribution in [0.5, 0.6) is 0 Å². The van der Waals surface area contributed by atoms with Crippen molar-refractivity contribution in [3.63, 3.8) is 0 Å². The van der Waals surface area contributed by atoms with Crippen molar-refractivity contribution in [3.05, 3.63) is 0 Å². The highest BCUT2D eigenvalue weighted by atomic mass is 79.9. The standard InChI is InChI=1S/C30H53BrO8/c1-25(2,34)24-18(32)17-30(8,38-24)20(33)12-14-27(5,35)21-9-10-22-28(6,37-21)16-13-23(36-22)29(7)15-11-19(31)26(3,4)39-29/h18-24,32-35H,9-17H2,1-8H3. The van der Waals surface area contributed by atoms with Crippen molar-refractivity contribution < 1.29 is 39.4 Å². The van der Waals surface area contributed by atoms with Gasteiger partial charge in [0.1, 0.15) is 6.10 Å². The molecule has 4 aliphatic rings. The topological polar surface area (TPSA) is 118 Å². The monoisotopic (exact) mass is 620 g/mol. The highest BCUT2D eigenvalue weighted by Gasteiger charge is 2.56. The fourth-order valence-corrected chi connectivity index (χ4v) is 7.76. The molecule has 228 valence electrons. The van der Waals surface area contributed by atoms with Gasteiger partial charge in [0.15, 0.2) is 0 Å². The van der Waals surface area contributed by atoms with E-state index < -0.39 is 40.7 Å². The number of rotatable bonds is 7. The van der Waals surface area contributed by atoms with E-state index in [4.69, 9.17) is 18.9 Å². The molecule has 11 unspecified atom stereocenters. The maximum atomic E-state index is 11.5. The van der Waals surface area contributed by atoms with Crippen molar-refractivity contribution in [2.24, 2.45) is 0 Å². The van der Waals surface area contributed by atoms with Crippen LogP contribution >= 0.6 is 15.9 Å². The number of hydrogen-bond acceptors (Lipinski definition) is 8. The van der Waals surface area contributed by atoms with Crippen LogP contribution in [0.25, 0.3) is 0 Å². The molecule has 0 spiro atoms. The first-order chi connectivity index (χ1) is 17.7. The van der Waals surface area contributed by atoms with E-state index in [9.17, 15) is 20.4 Å². The van der Waals surface area contributed by atoms with Crippen molar-refractivity contribution in [3.8, 4) is 0 Å². The second-order valence-electron chi connectivity index (χ2n) is 14.9. The fraction of sp³-hybridized carbons (Fsp3) is 1.00. The fourth-order valence-electron chi connectivity index (χ4n) is 7.44. The SMILES string of the molecule is CC(C)(O)C1OC(C)(C(O)CCC(C)(O)C2CCC3OC(C4(C)CCC(Br)C(C)(C)O4)CCC3(C)O2)CC1O. The summed E-state index contributed by atoms with van der Waals surface area (Å²) in [5.74, 6) is 0. The lowest BCUT2D eigenvalue weighted by Gasteiger charge is -2.56. The lowest BCUT2D eigenvalue weighted by Crippen LogP contribution is -2.63. The average Bonchev–Trinajstić information content (AvgIpc) is 3.14. The molecular formula is C30H53BrO8. The predicted molar refractivity (Wildman–Crippen MR) is 152 cm³/mol. The van der Waals surface area contributed by atoms with Gasteiger partial charge in [-0.15, -0.1) is 0 Å². The largest absolute Gasteiger partial charge is 0.390 e. The summed E-state index contributed by atoms with van der Waals surface area (Å²) in [6.07, 6.45) is 2.93. The van der Waals surface area contributed by atoms with Crippen LogP contribution in [0.15, 0.2) is 0 Å². The zero-order valence-electron chi connectivity index (χ0n) is 25.2. The van der Waals surface area contributed by atoms with Gasteiger partial charge in [0.2, 0.25) is 0 Å². The Morgan fingerprint density at radius 3 is 2.10 bits per heavy atom. The van der Waals surface area contributed by atoms with Crippen LogP contribution in [0.3, 0.4) is 0 Å². The summed E-state index contributed by atoms with van der Waals surface area (Å²) < 4.78 is 25.9. The Hall–Kier alpha value is 0.160. The van der Waals surface area contributed by atoms with Crippen LogP contribution in [-0.4, -0.2) is 95.5 Å². The Morgan fingerprint density at radius 1 is 0.897 bits per heavy atom. The summed E-state index contributed by atoms with van der Waals surface area (Å²) in [5.41, 5.74) is -4.48. The molecule has 4 fully saturated rings. The van der Waals surface area contributed by atoms with Gasteiger partial charge in [0, 0.05) is 11.2 Å². The van der Waals surface area contributed by atoms with E-state index in [1.807, 2.05) is 0 Å². The Kier molecular flexibility index (Phi) is 8.81. The van der Waals surface area contributed by atoms with E-state index in [2.05, 4.69) is 43.6 Å². The van der Waals surface area contributed by atoms with Crippen molar-refractivity contribution in [2.45, 2.75) is 188 Å². The molecular weight excluding hydrogens is 568 g/mol. The Balaban J connectivity index is 1.34. The lowest BCUT2D eigenvalue weighted by atomic mass is 9.75. The van der Waals surface area contributed by atoms with Gasteiger partial charge in [0.25, 0.3) is 0 Å². The first-order valence-electron chi connectivity index (χ1n) is 14.9. The first kappa shape index (κ1) is 32.1. The number of fused-ring (bicyclic) bond motifs is 1. The lowest BCUT2D eigenvalue weighted by molar-refractivity contribution is -0.301. The number of aliphatic hydroxyl groups excluding tert-OH is 2. The minimum Gasteiger partial charge on any atom is -0.390 e. The van der Waals surface area contributed by atoms with Gasteiger partial charge in [0.05, 0.1) is 64.1 Å². The maximum Gasteiger partial charge on any atom is 0.112 e. The molecule has 0 saturated carbocycles. The molecule has 4 rings (SSSR count).